The van der Waals surface area contributed by atoms with Gasteiger partial charge in [0.15, 0.2) is 0 Å². The average Bonchev–Trinajstić information content (AvgIpc) is 3.53. The zero-order chi connectivity index (χ0) is 39.2. The molecule has 0 radical (unpaired) electrons. The molecule has 0 unspecified atom stereocenters. The lowest BCUT2D eigenvalue weighted by molar-refractivity contribution is -0.157. The van der Waals surface area contributed by atoms with Crippen molar-refractivity contribution in [2.24, 2.45) is 0 Å². The molecule has 2 saturated heterocycles. The summed E-state index contributed by atoms with van der Waals surface area (Å²) in [6.07, 6.45) is 4.68. The molecule has 2 aliphatic heterocycles. The molecule has 7 rings (SSSR count). The van der Waals surface area contributed by atoms with Crippen molar-refractivity contribution in [1.82, 2.24) is 25.1 Å². The van der Waals surface area contributed by atoms with Gasteiger partial charge in [0.25, 0.3) is 0 Å². The van der Waals surface area contributed by atoms with E-state index in [2.05, 4.69) is 16.6 Å². The maximum absolute atomic E-state index is 14.5. The number of terminal acetylenes is 1. The molecule has 0 aliphatic carbocycles. The Labute approximate surface area is 334 Å². The van der Waals surface area contributed by atoms with Crippen LogP contribution in [-0.4, -0.2) is 75.6 Å². The van der Waals surface area contributed by atoms with Crippen molar-refractivity contribution in [3.8, 4) is 12.3 Å². The fourth-order valence-electron chi connectivity index (χ4n) is 7.14. The zero-order valence-electron chi connectivity index (χ0n) is 30.2. The summed E-state index contributed by atoms with van der Waals surface area (Å²) in [7, 11) is 0. The highest BCUT2D eigenvalue weighted by Crippen LogP contribution is 2.32. The molecule has 13 heteroatoms. The summed E-state index contributed by atoms with van der Waals surface area (Å²) in [6, 6.07) is 34.0. The number of ether oxygens (including phenoxy) is 1. The second-order valence-corrected chi connectivity index (χ2v) is 14.3. The first-order valence-corrected chi connectivity index (χ1v) is 18.8. The van der Waals surface area contributed by atoms with E-state index in [0.29, 0.717) is 15.7 Å². The van der Waals surface area contributed by atoms with Crippen LogP contribution in [0.1, 0.15) is 22.3 Å². The van der Waals surface area contributed by atoms with E-state index in [0.717, 1.165) is 33.0 Å². The molecule has 56 heavy (non-hydrogen) atoms. The molecule has 284 valence electrons. The van der Waals surface area contributed by atoms with Crippen molar-refractivity contribution in [2.75, 3.05) is 25.0 Å². The average molecular weight is 790 g/mol. The van der Waals surface area contributed by atoms with Crippen LogP contribution in [0.25, 0.3) is 10.8 Å². The Morgan fingerprint density at radius 1 is 0.857 bits per heavy atom. The molecule has 11 nitrogen and oxygen atoms in total. The van der Waals surface area contributed by atoms with E-state index in [-0.39, 0.29) is 57.6 Å². The number of nitrogens with one attached hydrogen (secondary N) is 2. The van der Waals surface area contributed by atoms with Crippen LogP contribution in [0.2, 0.25) is 10.0 Å². The van der Waals surface area contributed by atoms with E-state index in [1.165, 1.54) is 5.01 Å². The third kappa shape index (κ3) is 8.58. The van der Waals surface area contributed by atoms with Gasteiger partial charge in [0.05, 0.1) is 29.7 Å². The van der Waals surface area contributed by atoms with E-state index in [9.17, 15) is 19.2 Å². The maximum Gasteiger partial charge on any atom is 0.411 e. The Bertz CT molecular complexity index is 2300. The molecule has 0 aromatic heterocycles. The number of hydrogen-bond acceptors (Lipinski definition) is 6. The largest absolute Gasteiger partial charge is 0.444 e. The maximum atomic E-state index is 14.5. The van der Waals surface area contributed by atoms with E-state index in [1.807, 2.05) is 72.8 Å². The fourth-order valence-corrected chi connectivity index (χ4v) is 7.46. The normalized spacial score (nSPS) is 16.7. The molecule has 5 aromatic rings. The Balaban J connectivity index is 1.12. The van der Waals surface area contributed by atoms with Gasteiger partial charge in [0, 0.05) is 25.2 Å². The Morgan fingerprint density at radius 3 is 2.36 bits per heavy atom. The fraction of sp³-hybridized carbons (Fsp3) is 0.209. The lowest BCUT2D eigenvalue weighted by atomic mass is 9.98. The molecule has 5 amide bonds. The third-order valence-electron chi connectivity index (χ3n) is 9.86. The number of piperazine rings is 1. The number of fused-ring (bicyclic) bond motifs is 2. The molecule has 2 N–H and O–H groups in total. The van der Waals surface area contributed by atoms with Crippen LogP contribution in [-0.2, 0) is 40.4 Å². The van der Waals surface area contributed by atoms with E-state index in [4.69, 9.17) is 34.4 Å². The first-order valence-electron chi connectivity index (χ1n) is 18.0. The van der Waals surface area contributed by atoms with E-state index in [1.54, 1.807) is 57.3 Å². The molecule has 2 atom stereocenters. The lowest BCUT2D eigenvalue weighted by Crippen LogP contribution is -2.66. The molecule has 5 aromatic carbocycles. The number of nitrogens with zero attached hydrogens (tertiary/aromatic N) is 4. The number of urea groups is 1. The number of amides is 5. The molecule has 0 spiro atoms. The minimum atomic E-state index is -0.886. The van der Waals surface area contributed by atoms with Crippen molar-refractivity contribution >= 4 is 63.6 Å². The number of benzene rings is 5. The van der Waals surface area contributed by atoms with Crippen LogP contribution in [0.3, 0.4) is 0 Å². The van der Waals surface area contributed by atoms with Crippen molar-refractivity contribution < 1.29 is 23.9 Å². The summed E-state index contributed by atoms with van der Waals surface area (Å²) >= 11 is 12.3. The zero-order valence-corrected chi connectivity index (χ0v) is 31.7. The minimum absolute atomic E-state index is 0.116. The summed E-state index contributed by atoms with van der Waals surface area (Å²) < 4.78 is 5.35. The molecule has 0 bridgehead atoms. The van der Waals surface area contributed by atoms with Gasteiger partial charge in [-0.1, -0.05) is 120 Å². The van der Waals surface area contributed by atoms with Crippen LogP contribution in [0.5, 0.6) is 0 Å². The first-order chi connectivity index (χ1) is 27.2. The van der Waals surface area contributed by atoms with Gasteiger partial charge in [-0.3, -0.25) is 14.9 Å². The topological polar surface area (TPSA) is 115 Å². The second-order valence-electron chi connectivity index (χ2n) is 13.5. The van der Waals surface area contributed by atoms with Gasteiger partial charge in [0.1, 0.15) is 18.8 Å². The van der Waals surface area contributed by atoms with Crippen LogP contribution >= 0.6 is 23.2 Å². The Morgan fingerprint density at radius 2 is 1.59 bits per heavy atom. The number of hydrogen-bond donors (Lipinski definition) is 2. The van der Waals surface area contributed by atoms with Crippen molar-refractivity contribution in [3.05, 3.63) is 148 Å². The summed E-state index contributed by atoms with van der Waals surface area (Å²) in [5.41, 5.74) is 3.82. The standard InChI is InChI=1S/C43H38Cl2N6O5/c1-2-21-49(42(54)46-24-31-17-20-36(44)37(45)22-31)50-27-40(52)51-38(23-29-15-18-34(19-16-29)47-43(55)56-28-30-9-4-3-5-10-30)41(53)48(26-39(50)51)25-33-13-8-12-32-11-6-7-14-35(32)33/h1,3-20,22,38-39H,21,23-28H2,(H,46,54)(H,47,55)/t38-,39+/m0/s1. The summed E-state index contributed by atoms with van der Waals surface area (Å²) in [5.74, 6) is 2.02. The van der Waals surface area contributed by atoms with Gasteiger partial charge >= 0.3 is 12.1 Å². The number of halogens is 2. The quantitative estimate of drug-likeness (QED) is 0.138. The number of carbonyl (C=O) groups excluding carboxylic acids is 4. The Hall–Kier alpha value is -6.06. The SMILES string of the molecule is C#CCN(C(=O)NCc1ccc(Cl)c(Cl)c1)N1CC(=O)N2[C@@H](Cc3ccc(NC(=O)OCc4ccccc4)cc3)C(=O)N(Cc3cccc4ccccc34)C[C@@H]21. The lowest BCUT2D eigenvalue weighted by Gasteiger charge is -2.46. The van der Waals surface area contributed by atoms with Crippen LogP contribution < -0.4 is 10.6 Å². The highest BCUT2D eigenvalue weighted by atomic mass is 35.5. The number of hydrazine groups is 1. The highest BCUT2D eigenvalue weighted by molar-refractivity contribution is 6.42. The third-order valence-corrected chi connectivity index (χ3v) is 10.6. The monoisotopic (exact) mass is 788 g/mol. The number of rotatable bonds is 11. The van der Waals surface area contributed by atoms with E-state index < -0.39 is 24.3 Å². The van der Waals surface area contributed by atoms with Crippen LogP contribution in [0, 0.1) is 12.3 Å². The van der Waals surface area contributed by atoms with Gasteiger partial charge in [-0.05, 0) is 57.3 Å². The molecule has 2 heterocycles. The summed E-state index contributed by atoms with van der Waals surface area (Å²) in [5, 5.41) is 11.4. The Kier molecular flexibility index (Phi) is 11.7. The minimum Gasteiger partial charge on any atom is -0.444 e. The van der Waals surface area contributed by atoms with Gasteiger partial charge in [-0.25, -0.2) is 14.6 Å². The van der Waals surface area contributed by atoms with Gasteiger partial charge in [0.2, 0.25) is 11.8 Å². The summed E-state index contributed by atoms with van der Waals surface area (Å²) in [4.78, 5) is 58.0. The van der Waals surface area contributed by atoms with Crippen molar-refractivity contribution in [3.63, 3.8) is 0 Å². The number of carbonyl (C=O) groups is 4. The van der Waals surface area contributed by atoms with Gasteiger partial charge < -0.3 is 19.9 Å². The van der Waals surface area contributed by atoms with E-state index >= 15 is 0 Å². The second kappa shape index (κ2) is 17.2. The number of anilines is 1. The predicted octanol–water partition coefficient (Wildman–Crippen LogP) is 7.08. The molecular formula is C43H38Cl2N6O5. The summed E-state index contributed by atoms with van der Waals surface area (Å²) in [6.45, 7) is 0.414. The van der Waals surface area contributed by atoms with Crippen molar-refractivity contribution in [1.29, 1.82) is 0 Å². The first kappa shape index (κ1) is 38.2. The smallest absolute Gasteiger partial charge is 0.411 e. The van der Waals surface area contributed by atoms with Crippen LogP contribution in [0.15, 0.2) is 115 Å². The van der Waals surface area contributed by atoms with Crippen molar-refractivity contribution in [2.45, 2.75) is 38.3 Å². The molecule has 2 fully saturated rings. The molecular weight excluding hydrogens is 751 g/mol. The van der Waals surface area contributed by atoms with Gasteiger partial charge in [-0.2, -0.15) is 5.01 Å². The molecule has 0 saturated carbocycles. The van der Waals surface area contributed by atoms with Crippen LogP contribution in [0.4, 0.5) is 15.3 Å². The highest BCUT2D eigenvalue weighted by Gasteiger charge is 2.52. The molecule has 2 aliphatic rings. The predicted molar refractivity (Wildman–Crippen MR) is 215 cm³/mol. The van der Waals surface area contributed by atoms with Gasteiger partial charge in [-0.15, -0.1) is 6.42 Å².